The van der Waals surface area contributed by atoms with Crippen LogP contribution in [0.25, 0.3) is 0 Å². The molecule has 0 bridgehead atoms. The maximum absolute atomic E-state index is 3.79. The summed E-state index contributed by atoms with van der Waals surface area (Å²) < 4.78 is 0. The Balaban J connectivity index is 2.03. The zero-order valence-electron chi connectivity index (χ0n) is 8.90. The first kappa shape index (κ1) is 9.47. The molecule has 0 radical (unpaired) electrons. The van der Waals surface area contributed by atoms with Crippen LogP contribution in [0.3, 0.4) is 0 Å². The van der Waals surface area contributed by atoms with Gasteiger partial charge in [0.1, 0.15) is 0 Å². The monoisotopic (exact) mass is 182 g/mol. The van der Waals surface area contributed by atoms with Gasteiger partial charge in [-0.25, -0.2) is 0 Å². The van der Waals surface area contributed by atoms with E-state index in [9.17, 15) is 0 Å². The second kappa shape index (κ2) is 3.58. The molecule has 0 spiro atoms. The molecule has 2 N–H and O–H groups in total. The Bertz CT molecular complexity index is 177. The highest BCUT2D eigenvalue weighted by atomic mass is 15.1. The molecular formula is C11H22N2. The topological polar surface area (TPSA) is 24.1 Å². The van der Waals surface area contributed by atoms with Gasteiger partial charge in [0.25, 0.3) is 0 Å². The zero-order chi connectivity index (χ0) is 9.31. The van der Waals surface area contributed by atoms with E-state index in [1.165, 1.54) is 32.2 Å². The van der Waals surface area contributed by atoms with E-state index in [2.05, 4.69) is 24.5 Å². The number of hydrogen-bond donors (Lipinski definition) is 2. The quantitative estimate of drug-likeness (QED) is 0.593. The molecule has 1 saturated heterocycles. The van der Waals surface area contributed by atoms with Crippen LogP contribution >= 0.6 is 0 Å². The molecule has 2 unspecified atom stereocenters. The van der Waals surface area contributed by atoms with Gasteiger partial charge >= 0.3 is 0 Å². The van der Waals surface area contributed by atoms with Gasteiger partial charge in [-0.1, -0.05) is 12.8 Å². The summed E-state index contributed by atoms with van der Waals surface area (Å²) in [5.41, 5.74) is 0.288. The molecular weight excluding hydrogens is 160 g/mol. The maximum Gasteiger partial charge on any atom is 0.0252 e. The minimum Gasteiger partial charge on any atom is -0.315 e. The molecule has 2 heteroatoms. The Labute approximate surface area is 81.5 Å². The van der Waals surface area contributed by atoms with E-state index < -0.39 is 0 Å². The number of hydrogen-bond acceptors (Lipinski definition) is 2. The molecule has 13 heavy (non-hydrogen) atoms. The summed E-state index contributed by atoms with van der Waals surface area (Å²) in [6, 6.07) is 0.777. The maximum atomic E-state index is 3.79. The van der Waals surface area contributed by atoms with Crippen molar-refractivity contribution in [3.63, 3.8) is 0 Å². The normalized spacial score (nSPS) is 39.2. The molecule has 2 fully saturated rings. The summed E-state index contributed by atoms with van der Waals surface area (Å²) in [5, 5.41) is 7.37. The van der Waals surface area contributed by atoms with Gasteiger partial charge < -0.3 is 10.6 Å². The minimum atomic E-state index is 0.288. The number of rotatable bonds is 0. The van der Waals surface area contributed by atoms with Crippen LogP contribution in [0.4, 0.5) is 0 Å². The molecule has 2 nitrogen and oxygen atoms in total. The van der Waals surface area contributed by atoms with Gasteiger partial charge in [-0.05, 0) is 39.2 Å². The average molecular weight is 182 g/mol. The molecule has 1 aliphatic heterocycles. The van der Waals surface area contributed by atoms with Gasteiger partial charge in [0.05, 0.1) is 0 Å². The largest absolute Gasteiger partial charge is 0.315 e. The van der Waals surface area contributed by atoms with Gasteiger partial charge in [0.2, 0.25) is 0 Å². The van der Waals surface area contributed by atoms with Crippen LogP contribution < -0.4 is 10.6 Å². The highest BCUT2D eigenvalue weighted by molar-refractivity contribution is 4.93. The lowest BCUT2D eigenvalue weighted by molar-refractivity contribution is 0.243. The summed E-state index contributed by atoms with van der Waals surface area (Å²) in [6.07, 6.45) is 5.66. The molecule has 1 saturated carbocycles. The van der Waals surface area contributed by atoms with Crippen molar-refractivity contribution in [3.05, 3.63) is 0 Å². The van der Waals surface area contributed by atoms with Crippen LogP contribution in [-0.4, -0.2) is 24.7 Å². The summed E-state index contributed by atoms with van der Waals surface area (Å²) in [5.74, 6) is 0.885. The van der Waals surface area contributed by atoms with Gasteiger partial charge in [-0.2, -0.15) is 0 Å². The zero-order valence-corrected chi connectivity index (χ0v) is 8.90. The van der Waals surface area contributed by atoms with Crippen LogP contribution in [0, 0.1) is 5.92 Å². The van der Waals surface area contributed by atoms with Crippen molar-refractivity contribution in [2.75, 3.05) is 13.1 Å². The first-order chi connectivity index (χ1) is 6.17. The van der Waals surface area contributed by atoms with E-state index in [4.69, 9.17) is 0 Å². The predicted molar refractivity (Wildman–Crippen MR) is 55.8 cm³/mol. The minimum absolute atomic E-state index is 0.288. The van der Waals surface area contributed by atoms with E-state index in [1.54, 1.807) is 0 Å². The Kier molecular flexibility index (Phi) is 2.61. The lowest BCUT2D eigenvalue weighted by Crippen LogP contribution is -2.50. The van der Waals surface area contributed by atoms with Gasteiger partial charge in [0.15, 0.2) is 0 Å². The third-order valence-electron chi connectivity index (χ3n) is 3.46. The standard InChI is InChI=1S/C11H22N2/c1-11(2)8-12-7-9-5-3-4-6-10(9)13-11/h9-10,12-13H,3-8H2,1-2H3. The van der Waals surface area contributed by atoms with Crippen molar-refractivity contribution in [1.29, 1.82) is 0 Å². The van der Waals surface area contributed by atoms with Gasteiger partial charge in [-0.15, -0.1) is 0 Å². The Morgan fingerprint density at radius 3 is 2.77 bits per heavy atom. The SMILES string of the molecule is CC1(C)CNCC2CCCCC2N1. The predicted octanol–water partition coefficient (Wildman–Crippen LogP) is 1.52. The molecule has 0 aromatic carbocycles. The fourth-order valence-corrected chi connectivity index (χ4v) is 2.76. The van der Waals surface area contributed by atoms with Crippen LogP contribution in [0.15, 0.2) is 0 Å². The average Bonchev–Trinajstić information content (AvgIpc) is 2.21. The highest BCUT2D eigenvalue weighted by Gasteiger charge is 2.32. The number of fused-ring (bicyclic) bond motifs is 1. The lowest BCUT2D eigenvalue weighted by atomic mass is 9.84. The van der Waals surface area contributed by atoms with Crippen molar-refractivity contribution in [3.8, 4) is 0 Å². The van der Waals surface area contributed by atoms with Crippen molar-refractivity contribution in [2.24, 2.45) is 5.92 Å². The lowest BCUT2D eigenvalue weighted by Gasteiger charge is -2.34. The van der Waals surface area contributed by atoms with Crippen LogP contribution in [0.5, 0.6) is 0 Å². The highest BCUT2D eigenvalue weighted by Crippen LogP contribution is 2.27. The summed E-state index contributed by atoms with van der Waals surface area (Å²) >= 11 is 0. The molecule has 1 aliphatic carbocycles. The Morgan fingerprint density at radius 2 is 1.92 bits per heavy atom. The van der Waals surface area contributed by atoms with Crippen molar-refractivity contribution < 1.29 is 0 Å². The molecule has 2 rings (SSSR count). The summed E-state index contributed by atoms with van der Waals surface area (Å²) in [6.45, 7) is 6.94. The third kappa shape index (κ3) is 2.23. The van der Waals surface area contributed by atoms with E-state index in [0.717, 1.165) is 18.5 Å². The molecule has 0 aromatic rings. The fraction of sp³-hybridized carbons (Fsp3) is 1.00. The first-order valence-electron chi connectivity index (χ1n) is 5.66. The van der Waals surface area contributed by atoms with E-state index in [0.29, 0.717) is 0 Å². The number of nitrogens with one attached hydrogen (secondary N) is 2. The molecule has 2 atom stereocenters. The van der Waals surface area contributed by atoms with Crippen molar-refractivity contribution >= 4 is 0 Å². The fourth-order valence-electron chi connectivity index (χ4n) is 2.76. The van der Waals surface area contributed by atoms with E-state index in [-0.39, 0.29) is 5.54 Å². The first-order valence-corrected chi connectivity index (χ1v) is 5.66. The smallest absolute Gasteiger partial charge is 0.0252 e. The molecule has 0 aromatic heterocycles. The Morgan fingerprint density at radius 1 is 1.15 bits per heavy atom. The molecule has 1 heterocycles. The second-order valence-corrected chi connectivity index (χ2v) is 5.31. The Hall–Kier alpha value is -0.0800. The van der Waals surface area contributed by atoms with Crippen molar-refractivity contribution in [1.82, 2.24) is 10.6 Å². The van der Waals surface area contributed by atoms with Gasteiger partial charge in [-0.3, -0.25) is 0 Å². The molecule has 0 amide bonds. The van der Waals surface area contributed by atoms with E-state index in [1.807, 2.05) is 0 Å². The molecule has 2 aliphatic rings. The van der Waals surface area contributed by atoms with Crippen molar-refractivity contribution in [2.45, 2.75) is 51.1 Å². The summed E-state index contributed by atoms with van der Waals surface area (Å²) in [7, 11) is 0. The third-order valence-corrected chi connectivity index (χ3v) is 3.46. The summed E-state index contributed by atoms with van der Waals surface area (Å²) in [4.78, 5) is 0. The van der Waals surface area contributed by atoms with Crippen LogP contribution in [0.2, 0.25) is 0 Å². The molecule has 76 valence electrons. The van der Waals surface area contributed by atoms with Crippen LogP contribution in [-0.2, 0) is 0 Å². The van der Waals surface area contributed by atoms with Gasteiger partial charge in [0, 0.05) is 18.1 Å². The van der Waals surface area contributed by atoms with Crippen LogP contribution in [0.1, 0.15) is 39.5 Å². The second-order valence-electron chi connectivity index (χ2n) is 5.31. The van der Waals surface area contributed by atoms with E-state index >= 15 is 0 Å².